The minimum absolute atomic E-state index is 0.0382. The van der Waals surface area contributed by atoms with Crippen LogP contribution in [0.4, 0.5) is 19.5 Å². The molecule has 1 aromatic heterocycles. The van der Waals surface area contributed by atoms with Crippen LogP contribution in [0.3, 0.4) is 0 Å². The molecule has 0 unspecified atom stereocenters. The number of ether oxygens (including phenoxy) is 2. The highest BCUT2D eigenvalue weighted by Gasteiger charge is 2.29. The van der Waals surface area contributed by atoms with E-state index in [1.54, 1.807) is 0 Å². The number of benzene rings is 3. The van der Waals surface area contributed by atoms with Crippen molar-refractivity contribution >= 4 is 12.0 Å². The van der Waals surface area contributed by atoms with Crippen molar-refractivity contribution in [1.29, 1.82) is 0 Å². The zero-order valence-electron chi connectivity index (χ0n) is 20.2. The molecular formula is C28H24F2N4O4. The molecule has 10 heteroatoms. The zero-order chi connectivity index (χ0) is 26.6. The Morgan fingerprint density at radius 3 is 2.05 bits per heavy atom. The SMILES string of the molecule is Nc1nc2c(c(=O)n1C(c1ccccc1)c1ccccc1)CCN(C(=O)Oc1ccc(OC(F)F)cc1)C2. The zero-order valence-corrected chi connectivity index (χ0v) is 20.2. The highest BCUT2D eigenvalue weighted by atomic mass is 19.3. The summed E-state index contributed by atoms with van der Waals surface area (Å²) in [6.45, 7) is -2.67. The lowest BCUT2D eigenvalue weighted by Gasteiger charge is -2.29. The lowest BCUT2D eigenvalue weighted by atomic mass is 9.97. The fourth-order valence-electron chi connectivity index (χ4n) is 4.54. The highest BCUT2D eigenvalue weighted by Crippen LogP contribution is 2.28. The van der Waals surface area contributed by atoms with Crippen molar-refractivity contribution in [3.8, 4) is 11.5 Å². The third-order valence-electron chi connectivity index (χ3n) is 6.30. The number of hydrogen-bond acceptors (Lipinski definition) is 6. The molecule has 0 bridgehead atoms. The molecule has 0 atom stereocenters. The van der Waals surface area contributed by atoms with Crippen molar-refractivity contribution in [3.63, 3.8) is 0 Å². The number of hydrogen-bond donors (Lipinski definition) is 1. The molecule has 0 fully saturated rings. The van der Waals surface area contributed by atoms with Gasteiger partial charge < -0.3 is 20.1 Å². The summed E-state index contributed by atoms with van der Waals surface area (Å²) in [5, 5.41) is 0. The first kappa shape index (κ1) is 24.9. The lowest BCUT2D eigenvalue weighted by molar-refractivity contribution is -0.0498. The summed E-state index contributed by atoms with van der Waals surface area (Å²) >= 11 is 0. The lowest BCUT2D eigenvalue weighted by Crippen LogP contribution is -2.43. The topological polar surface area (TPSA) is 99.7 Å². The van der Waals surface area contributed by atoms with E-state index in [1.807, 2.05) is 60.7 Å². The van der Waals surface area contributed by atoms with Crippen molar-refractivity contribution in [1.82, 2.24) is 14.5 Å². The summed E-state index contributed by atoms with van der Waals surface area (Å²) in [6.07, 6.45) is -0.386. The fourth-order valence-corrected chi connectivity index (χ4v) is 4.54. The molecule has 194 valence electrons. The molecule has 5 rings (SSSR count). The van der Waals surface area contributed by atoms with Crippen LogP contribution in [0.2, 0.25) is 0 Å². The molecule has 38 heavy (non-hydrogen) atoms. The molecule has 0 saturated carbocycles. The Hall–Kier alpha value is -4.73. The summed E-state index contributed by atoms with van der Waals surface area (Å²) in [5.74, 6) is 0.155. The Bertz CT molecular complexity index is 1440. The molecule has 2 N–H and O–H groups in total. The first-order chi connectivity index (χ1) is 18.4. The van der Waals surface area contributed by atoms with Gasteiger partial charge in [-0.05, 0) is 41.8 Å². The Labute approximate surface area is 216 Å². The normalized spacial score (nSPS) is 12.9. The van der Waals surface area contributed by atoms with Gasteiger partial charge in [-0.3, -0.25) is 9.36 Å². The van der Waals surface area contributed by atoms with E-state index in [0.29, 0.717) is 11.3 Å². The summed E-state index contributed by atoms with van der Waals surface area (Å²) in [7, 11) is 0. The quantitative estimate of drug-likeness (QED) is 0.400. The molecule has 2 heterocycles. The van der Waals surface area contributed by atoms with E-state index < -0.39 is 18.7 Å². The van der Waals surface area contributed by atoms with Gasteiger partial charge in [-0.25, -0.2) is 9.78 Å². The Kier molecular flexibility index (Phi) is 7.03. The number of halogens is 2. The minimum atomic E-state index is -2.95. The van der Waals surface area contributed by atoms with E-state index in [4.69, 9.17) is 10.5 Å². The van der Waals surface area contributed by atoms with Gasteiger partial charge in [0.25, 0.3) is 5.56 Å². The predicted molar refractivity (Wildman–Crippen MR) is 136 cm³/mol. The van der Waals surface area contributed by atoms with Crippen LogP contribution in [0.1, 0.15) is 28.4 Å². The summed E-state index contributed by atoms with van der Waals surface area (Å²) < 4.78 is 35.9. The average molecular weight is 519 g/mol. The number of nitrogens with two attached hydrogens (primary N) is 1. The van der Waals surface area contributed by atoms with Gasteiger partial charge >= 0.3 is 12.7 Å². The van der Waals surface area contributed by atoms with E-state index >= 15 is 0 Å². The maximum absolute atomic E-state index is 13.7. The van der Waals surface area contributed by atoms with Crippen molar-refractivity contribution in [2.75, 3.05) is 12.3 Å². The van der Waals surface area contributed by atoms with Crippen LogP contribution in [0.5, 0.6) is 11.5 Å². The smallest absolute Gasteiger partial charge is 0.415 e. The van der Waals surface area contributed by atoms with Gasteiger partial charge in [-0.2, -0.15) is 8.78 Å². The molecule has 1 aliphatic rings. The number of fused-ring (bicyclic) bond motifs is 1. The van der Waals surface area contributed by atoms with Crippen molar-refractivity contribution in [2.24, 2.45) is 0 Å². The van der Waals surface area contributed by atoms with Crippen LogP contribution >= 0.6 is 0 Å². The second-order valence-electron chi connectivity index (χ2n) is 8.68. The molecule has 3 aromatic carbocycles. The second-order valence-corrected chi connectivity index (χ2v) is 8.68. The molecule has 0 aliphatic carbocycles. The molecule has 0 saturated heterocycles. The van der Waals surface area contributed by atoms with Gasteiger partial charge in [-0.1, -0.05) is 60.7 Å². The highest BCUT2D eigenvalue weighted by molar-refractivity contribution is 5.71. The summed E-state index contributed by atoms with van der Waals surface area (Å²) in [5.41, 5.74) is 8.79. The number of nitrogens with zero attached hydrogens (tertiary/aromatic N) is 3. The third kappa shape index (κ3) is 5.19. The number of carbonyl (C=O) groups is 1. The predicted octanol–water partition coefficient (Wildman–Crippen LogP) is 4.62. The Morgan fingerprint density at radius 1 is 0.895 bits per heavy atom. The van der Waals surface area contributed by atoms with Crippen LogP contribution in [-0.2, 0) is 13.0 Å². The number of rotatable bonds is 6. The standard InChI is InChI=1S/C28H24F2N4O4/c29-26(30)37-20-11-13-21(14-12-20)38-28(36)33-16-15-22-23(17-33)32-27(31)34(25(22)35)24(18-7-3-1-4-8-18)19-9-5-2-6-10-19/h1-14,24,26H,15-17H2,(H2,31,32). The van der Waals surface area contributed by atoms with E-state index in [0.717, 1.165) is 11.1 Å². The molecular weight excluding hydrogens is 494 g/mol. The van der Waals surface area contributed by atoms with Crippen LogP contribution in [-0.4, -0.2) is 33.7 Å². The second kappa shape index (κ2) is 10.7. The molecule has 1 aliphatic heterocycles. The van der Waals surface area contributed by atoms with E-state index in [1.165, 1.54) is 33.7 Å². The first-order valence-corrected chi connectivity index (χ1v) is 11.9. The first-order valence-electron chi connectivity index (χ1n) is 11.9. The number of nitrogen functional groups attached to an aromatic ring is 1. The van der Waals surface area contributed by atoms with Crippen molar-refractivity contribution in [3.05, 3.63) is 118 Å². The Morgan fingerprint density at radius 2 is 1.47 bits per heavy atom. The van der Waals surface area contributed by atoms with E-state index in [-0.39, 0.29) is 42.5 Å². The molecule has 0 radical (unpaired) electrons. The summed E-state index contributed by atoms with van der Waals surface area (Å²) in [4.78, 5) is 32.4. The number of anilines is 1. The molecule has 0 spiro atoms. The molecule has 8 nitrogen and oxygen atoms in total. The van der Waals surface area contributed by atoms with Crippen LogP contribution < -0.4 is 20.8 Å². The van der Waals surface area contributed by atoms with Gasteiger partial charge in [0.15, 0.2) is 0 Å². The van der Waals surface area contributed by atoms with Crippen molar-refractivity contribution in [2.45, 2.75) is 25.6 Å². The van der Waals surface area contributed by atoms with E-state index in [2.05, 4.69) is 9.72 Å². The summed E-state index contributed by atoms with van der Waals surface area (Å²) in [6, 6.07) is 24.0. The number of alkyl halides is 2. The minimum Gasteiger partial charge on any atom is -0.435 e. The average Bonchev–Trinajstić information content (AvgIpc) is 2.92. The number of aromatic nitrogens is 2. The monoisotopic (exact) mass is 518 g/mol. The van der Waals surface area contributed by atoms with Gasteiger partial charge in [0, 0.05) is 12.1 Å². The van der Waals surface area contributed by atoms with E-state index in [9.17, 15) is 18.4 Å². The number of carbonyl (C=O) groups excluding carboxylic acids is 1. The van der Waals surface area contributed by atoms with Crippen molar-refractivity contribution < 1.29 is 23.0 Å². The molecule has 1 amide bonds. The van der Waals surface area contributed by atoms with Crippen LogP contribution in [0, 0.1) is 0 Å². The van der Waals surface area contributed by atoms with Crippen LogP contribution in [0.15, 0.2) is 89.7 Å². The Balaban J connectivity index is 1.40. The fraction of sp³-hybridized carbons (Fsp3) is 0.179. The van der Waals surface area contributed by atoms with Gasteiger partial charge in [0.2, 0.25) is 5.95 Å². The van der Waals surface area contributed by atoms with Gasteiger partial charge in [0.1, 0.15) is 11.5 Å². The maximum Gasteiger partial charge on any atom is 0.415 e. The third-order valence-corrected chi connectivity index (χ3v) is 6.30. The molecule has 4 aromatic rings. The largest absolute Gasteiger partial charge is 0.435 e. The van der Waals surface area contributed by atoms with Gasteiger partial charge in [0.05, 0.1) is 18.3 Å². The number of amides is 1. The van der Waals surface area contributed by atoms with Gasteiger partial charge in [-0.15, -0.1) is 0 Å². The van der Waals surface area contributed by atoms with Crippen LogP contribution in [0.25, 0.3) is 0 Å². The maximum atomic E-state index is 13.7.